The highest BCUT2D eigenvalue weighted by atomic mass is 16.2. The Morgan fingerprint density at radius 3 is 2.55 bits per heavy atom. The van der Waals surface area contributed by atoms with E-state index in [1.807, 2.05) is 36.1 Å². The maximum Gasteiger partial charge on any atom is 0.255 e. The fourth-order valence-electron chi connectivity index (χ4n) is 5.81. The number of aromatic nitrogens is 2. The molecule has 9 heteroatoms. The molecule has 9 nitrogen and oxygen atoms in total. The van der Waals surface area contributed by atoms with Crippen LogP contribution in [0.4, 0.5) is 0 Å². The molecule has 3 aliphatic rings. The number of rotatable bonds is 5. The van der Waals surface area contributed by atoms with Crippen LogP contribution < -0.4 is 5.32 Å². The van der Waals surface area contributed by atoms with E-state index < -0.39 is 11.9 Å². The number of nitrogens with one attached hydrogen (secondary N) is 1. The van der Waals surface area contributed by atoms with Crippen molar-refractivity contribution in [1.29, 1.82) is 0 Å². The number of benzene rings is 2. The van der Waals surface area contributed by atoms with Crippen LogP contribution in [-0.4, -0.2) is 81.5 Å². The molecule has 0 bridgehead atoms. The number of carbonyl (C=O) groups is 3. The second-order valence-corrected chi connectivity index (χ2v) is 10.6. The molecule has 6 rings (SSSR count). The summed E-state index contributed by atoms with van der Waals surface area (Å²) in [5.41, 5.74) is 6.88. The van der Waals surface area contributed by atoms with Gasteiger partial charge in [0.1, 0.15) is 6.04 Å². The van der Waals surface area contributed by atoms with Gasteiger partial charge in [0.05, 0.1) is 11.9 Å². The Labute approximate surface area is 222 Å². The highest BCUT2D eigenvalue weighted by molar-refractivity contribution is 6.05. The van der Waals surface area contributed by atoms with Crippen LogP contribution in [0.5, 0.6) is 0 Å². The molecule has 3 amide bonds. The number of imide groups is 1. The zero-order valence-electron chi connectivity index (χ0n) is 21.8. The van der Waals surface area contributed by atoms with Crippen molar-refractivity contribution in [2.24, 2.45) is 7.05 Å². The van der Waals surface area contributed by atoms with E-state index in [1.54, 1.807) is 4.90 Å². The number of piperazine rings is 1. The molecule has 4 heterocycles. The van der Waals surface area contributed by atoms with Gasteiger partial charge < -0.3 is 9.80 Å². The van der Waals surface area contributed by atoms with Crippen LogP contribution in [0.3, 0.4) is 0 Å². The molecule has 1 aromatic heterocycles. The fourth-order valence-corrected chi connectivity index (χ4v) is 5.81. The first-order valence-electron chi connectivity index (χ1n) is 13.2. The topological polar surface area (TPSA) is 90.8 Å². The molecule has 3 aromatic rings. The van der Waals surface area contributed by atoms with Gasteiger partial charge in [-0.2, -0.15) is 5.10 Å². The predicted octanol–water partition coefficient (Wildman–Crippen LogP) is 2.26. The van der Waals surface area contributed by atoms with Crippen molar-refractivity contribution >= 4 is 17.7 Å². The van der Waals surface area contributed by atoms with Gasteiger partial charge in [-0.1, -0.05) is 24.3 Å². The summed E-state index contributed by atoms with van der Waals surface area (Å²) in [6, 6.07) is 13.9. The monoisotopic (exact) mass is 512 g/mol. The van der Waals surface area contributed by atoms with Crippen LogP contribution in [0.15, 0.2) is 48.7 Å². The number of nitrogens with zero attached hydrogens (tertiary/aromatic N) is 5. The number of carbonyl (C=O) groups excluding carboxylic acids is 3. The van der Waals surface area contributed by atoms with Gasteiger partial charge in [-0.05, 0) is 48.4 Å². The Balaban J connectivity index is 1.26. The quantitative estimate of drug-likeness (QED) is 0.528. The normalized spacial score (nSPS) is 20.6. The summed E-state index contributed by atoms with van der Waals surface area (Å²) in [6.07, 6.45) is 2.47. The minimum Gasteiger partial charge on any atom is -0.322 e. The second-order valence-electron chi connectivity index (χ2n) is 10.6. The molecule has 0 aliphatic carbocycles. The SMILES string of the molecule is CN1CCN(Cc2cccc(-c3c(-c4ccc5c(c4)CN([C@H]4CCC(=O)NC4=O)C5=O)cnn3C)c2)CC1. The Bertz CT molecular complexity index is 1420. The summed E-state index contributed by atoms with van der Waals surface area (Å²) in [5.74, 6) is -0.841. The van der Waals surface area contributed by atoms with E-state index in [-0.39, 0.29) is 18.2 Å². The van der Waals surface area contributed by atoms with Crippen LogP contribution >= 0.6 is 0 Å². The maximum atomic E-state index is 13.1. The minimum atomic E-state index is -0.618. The van der Waals surface area contributed by atoms with Crippen molar-refractivity contribution in [3.05, 3.63) is 65.4 Å². The third kappa shape index (κ3) is 4.52. The average Bonchev–Trinajstić information content (AvgIpc) is 3.45. The van der Waals surface area contributed by atoms with Crippen LogP contribution in [0, 0.1) is 0 Å². The highest BCUT2D eigenvalue weighted by Crippen LogP contribution is 2.36. The molecule has 0 saturated carbocycles. The van der Waals surface area contributed by atoms with Crippen LogP contribution in [-0.2, 0) is 29.7 Å². The van der Waals surface area contributed by atoms with Crippen molar-refractivity contribution in [3.63, 3.8) is 0 Å². The number of piperidine rings is 1. The van der Waals surface area contributed by atoms with Crippen molar-refractivity contribution in [3.8, 4) is 22.4 Å². The third-order valence-corrected chi connectivity index (χ3v) is 7.98. The first kappa shape index (κ1) is 24.5. The second kappa shape index (κ2) is 9.81. The van der Waals surface area contributed by atoms with Crippen molar-refractivity contribution < 1.29 is 14.4 Å². The molecule has 196 valence electrons. The molecule has 2 saturated heterocycles. The molecule has 1 atom stereocenters. The Hall–Kier alpha value is -3.82. The van der Waals surface area contributed by atoms with Crippen LogP contribution in [0.2, 0.25) is 0 Å². The van der Waals surface area contributed by atoms with Crippen molar-refractivity contribution in [2.45, 2.75) is 32.0 Å². The lowest BCUT2D eigenvalue weighted by Crippen LogP contribution is -2.52. The zero-order chi connectivity index (χ0) is 26.4. The third-order valence-electron chi connectivity index (χ3n) is 7.98. The highest BCUT2D eigenvalue weighted by Gasteiger charge is 2.39. The molecule has 0 radical (unpaired) electrons. The van der Waals surface area contributed by atoms with E-state index in [4.69, 9.17) is 0 Å². The van der Waals surface area contributed by atoms with Gasteiger partial charge in [0.25, 0.3) is 5.91 Å². The molecule has 3 aliphatic heterocycles. The summed E-state index contributed by atoms with van der Waals surface area (Å²) in [5, 5.41) is 6.94. The van der Waals surface area contributed by atoms with Crippen molar-refractivity contribution in [1.82, 2.24) is 29.8 Å². The Kier molecular flexibility index (Phi) is 6.33. The molecule has 0 spiro atoms. The molecular weight excluding hydrogens is 480 g/mol. The predicted molar refractivity (Wildman–Crippen MR) is 143 cm³/mol. The van der Waals surface area contributed by atoms with E-state index in [0.29, 0.717) is 18.5 Å². The van der Waals surface area contributed by atoms with Gasteiger partial charge in [0, 0.05) is 69.4 Å². The molecule has 1 N–H and O–H groups in total. The minimum absolute atomic E-state index is 0.163. The Morgan fingerprint density at radius 1 is 0.947 bits per heavy atom. The van der Waals surface area contributed by atoms with E-state index in [1.165, 1.54) is 5.56 Å². The van der Waals surface area contributed by atoms with Gasteiger partial charge in [0.2, 0.25) is 11.8 Å². The summed E-state index contributed by atoms with van der Waals surface area (Å²) < 4.78 is 1.90. The standard InChI is InChI=1S/C29H32N6O3/c1-32-10-12-34(13-11-32)17-19-4-3-5-21(14-19)27-24(16-30-33(27)2)20-6-7-23-22(15-20)18-35(29(23)38)25-8-9-26(36)31-28(25)37/h3-7,14-16,25H,8-13,17-18H2,1-2H3,(H,31,36,37)/t25-/m0/s1. The summed E-state index contributed by atoms with van der Waals surface area (Å²) in [4.78, 5) is 43.5. The van der Waals surface area contributed by atoms with E-state index >= 15 is 0 Å². The summed E-state index contributed by atoms with van der Waals surface area (Å²) >= 11 is 0. The lowest BCUT2D eigenvalue weighted by molar-refractivity contribution is -0.136. The Morgan fingerprint density at radius 2 is 1.76 bits per heavy atom. The number of hydrogen-bond acceptors (Lipinski definition) is 6. The molecule has 0 unspecified atom stereocenters. The lowest BCUT2D eigenvalue weighted by atomic mass is 9.97. The van der Waals surface area contributed by atoms with E-state index in [2.05, 4.69) is 51.5 Å². The van der Waals surface area contributed by atoms with Gasteiger partial charge in [-0.3, -0.25) is 29.3 Å². The first-order chi connectivity index (χ1) is 18.4. The lowest BCUT2D eigenvalue weighted by Gasteiger charge is -2.32. The largest absolute Gasteiger partial charge is 0.322 e. The number of amides is 3. The van der Waals surface area contributed by atoms with Crippen LogP contribution in [0.25, 0.3) is 22.4 Å². The van der Waals surface area contributed by atoms with Crippen molar-refractivity contribution in [2.75, 3.05) is 33.2 Å². The molecule has 2 fully saturated rings. The number of hydrogen-bond donors (Lipinski definition) is 1. The van der Waals surface area contributed by atoms with Gasteiger partial charge in [-0.25, -0.2) is 0 Å². The maximum absolute atomic E-state index is 13.1. The summed E-state index contributed by atoms with van der Waals surface area (Å²) in [7, 11) is 4.12. The smallest absolute Gasteiger partial charge is 0.255 e. The fraction of sp³-hybridized carbons (Fsp3) is 0.379. The summed E-state index contributed by atoms with van der Waals surface area (Å²) in [6.45, 7) is 5.60. The van der Waals surface area contributed by atoms with Gasteiger partial charge in [-0.15, -0.1) is 0 Å². The molecule has 38 heavy (non-hydrogen) atoms. The number of aryl methyl sites for hydroxylation is 1. The van der Waals surface area contributed by atoms with Crippen LogP contribution in [0.1, 0.15) is 34.3 Å². The number of fused-ring (bicyclic) bond motifs is 1. The van der Waals surface area contributed by atoms with Gasteiger partial charge in [0.15, 0.2) is 0 Å². The van der Waals surface area contributed by atoms with E-state index in [0.717, 1.165) is 60.7 Å². The van der Waals surface area contributed by atoms with Gasteiger partial charge >= 0.3 is 0 Å². The average molecular weight is 513 g/mol. The number of likely N-dealkylation sites (N-methyl/N-ethyl adjacent to an activating group) is 1. The first-order valence-corrected chi connectivity index (χ1v) is 13.2. The molecular formula is C29H32N6O3. The molecule has 2 aromatic carbocycles. The zero-order valence-corrected chi connectivity index (χ0v) is 21.8. The van der Waals surface area contributed by atoms with E-state index in [9.17, 15) is 14.4 Å².